The first-order valence-electron chi connectivity index (χ1n) is 1.10. The van der Waals surface area contributed by atoms with E-state index in [1.54, 1.807) is 0 Å². The maximum absolute atomic E-state index is 8.48. The van der Waals surface area contributed by atoms with Crippen LogP contribution in [-0.4, -0.2) is 0 Å². The summed E-state index contributed by atoms with van der Waals surface area (Å²) in [6.45, 7) is 0. The molecule has 0 heterocycles. The van der Waals surface area contributed by atoms with Crippen molar-refractivity contribution >= 4 is 70.5 Å². The normalized spacial score (nSPS) is 4.33. The quantitative estimate of drug-likeness (QED) is 0.323. The number of rotatable bonds is 0. The molecule has 0 rings (SSSR count). The van der Waals surface area contributed by atoms with Gasteiger partial charge in [0.25, 0.3) is 16.5 Å². The molecule has 0 spiro atoms. The third-order valence-corrected chi connectivity index (χ3v) is 0. The SMILES string of the molecule is O=[P+]([O-])[O-].O=[P+]([O-])[O-].[SH3+].[SH3+].[SH3+].[SH3+]. The Labute approximate surface area is 99.1 Å². The fourth-order valence-electron chi connectivity index (χ4n) is 0. The minimum absolute atomic E-state index is 0. The molecular formula is H12O6P2S4+2. The van der Waals surface area contributed by atoms with Gasteiger partial charge in [-0.05, 0) is 0 Å². The van der Waals surface area contributed by atoms with E-state index in [0.717, 1.165) is 0 Å². The summed E-state index contributed by atoms with van der Waals surface area (Å²) in [6, 6.07) is 0. The minimum atomic E-state index is -3.37. The summed E-state index contributed by atoms with van der Waals surface area (Å²) in [6.07, 6.45) is 0. The Hall–Kier alpha value is 1.44. The van der Waals surface area contributed by atoms with Crippen LogP contribution in [0.4, 0.5) is 0 Å². The van der Waals surface area contributed by atoms with Crippen LogP contribution in [0.5, 0.6) is 0 Å². The predicted molar refractivity (Wildman–Crippen MR) is 61.4 cm³/mol. The van der Waals surface area contributed by atoms with Crippen LogP contribution < -0.4 is 19.6 Å². The van der Waals surface area contributed by atoms with E-state index in [-0.39, 0.29) is 54.0 Å². The van der Waals surface area contributed by atoms with Crippen LogP contribution in [0.25, 0.3) is 0 Å². The van der Waals surface area contributed by atoms with Gasteiger partial charge in [0.1, 0.15) is 0 Å². The molecule has 12 heteroatoms. The Morgan fingerprint density at radius 2 is 0.583 bits per heavy atom. The van der Waals surface area contributed by atoms with Crippen molar-refractivity contribution in [1.82, 2.24) is 0 Å². The highest BCUT2D eigenvalue weighted by molar-refractivity contribution is 7.37. The molecule has 0 aliphatic heterocycles. The second-order valence-electron chi connectivity index (χ2n) is 0.447. The second-order valence-corrected chi connectivity index (χ2v) is 1.34. The summed E-state index contributed by atoms with van der Waals surface area (Å²) in [5, 5.41) is 0. The van der Waals surface area contributed by atoms with Gasteiger partial charge in [0, 0.05) is 0 Å². The molecule has 0 saturated heterocycles. The monoisotopic (exact) mass is 298 g/mol. The van der Waals surface area contributed by atoms with Gasteiger partial charge in [0.2, 0.25) is 0 Å². The summed E-state index contributed by atoms with van der Waals surface area (Å²) in [7, 11) is -6.74. The molecular weight excluding hydrogens is 286 g/mol. The molecule has 0 unspecified atom stereocenters. The van der Waals surface area contributed by atoms with Crippen molar-refractivity contribution in [2.24, 2.45) is 0 Å². The van der Waals surface area contributed by atoms with E-state index in [9.17, 15) is 0 Å². The van der Waals surface area contributed by atoms with Crippen molar-refractivity contribution < 1.29 is 28.7 Å². The highest BCUT2D eigenvalue weighted by Crippen LogP contribution is 1.80. The maximum atomic E-state index is 8.48. The lowest BCUT2D eigenvalue weighted by molar-refractivity contribution is -0.298. The number of hydrogen-bond donors (Lipinski definition) is 0. The van der Waals surface area contributed by atoms with E-state index in [1.807, 2.05) is 0 Å². The Kier molecular flexibility index (Phi) is 92.1. The van der Waals surface area contributed by atoms with Crippen molar-refractivity contribution in [3.8, 4) is 0 Å². The Morgan fingerprint density at radius 1 is 0.583 bits per heavy atom. The Morgan fingerprint density at radius 3 is 0.583 bits per heavy atom. The number of hydrogen-bond acceptors (Lipinski definition) is 6. The Bertz CT molecular complexity index is 75.5. The van der Waals surface area contributed by atoms with Crippen LogP contribution in [0.2, 0.25) is 0 Å². The molecule has 0 fully saturated rings. The van der Waals surface area contributed by atoms with Crippen LogP contribution in [0.1, 0.15) is 0 Å². The predicted octanol–water partition coefficient (Wildman–Crippen LogP) is -6.49. The first-order chi connectivity index (χ1) is 3.46. The molecule has 0 aliphatic rings. The summed E-state index contributed by atoms with van der Waals surface area (Å²) in [4.78, 5) is 33.9. The molecule has 0 aliphatic carbocycles. The third-order valence-electron chi connectivity index (χ3n) is 0. The zero-order valence-corrected chi connectivity index (χ0v) is 12.1. The lowest BCUT2D eigenvalue weighted by Gasteiger charge is -1.75. The second kappa shape index (κ2) is 29.4. The van der Waals surface area contributed by atoms with E-state index in [0.29, 0.717) is 0 Å². The smallest absolute Gasteiger partial charge is 0.276 e. The molecule has 0 aromatic carbocycles. The molecule has 6 nitrogen and oxygen atoms in total. The zero-order valence-electron chi connectivity index (χ0n) is 5.65. The average molecular weight is 298 g/mol. The van der Waals surface area contributed by atoms with Crippen LogP contribution in [0.3, 0.4) is 0 Å². The molecule has 0 saturated carbocycles. The first kappa shape index (κ1) is 37.6. The largest absolute Gasteiger partial charge is 0.598 e. The van der Waals surface area contributed by atoms with E-state index in [4.69, 9.17) is 28.7 Å². The van der Waals surface area contributed by atoms with Gasteiger partial charge in [-0.15, -0.1) is 0 Å². The van der Waals surface area contributed by atoms with Gasteiger partial charge in [-0.2, -0.15) is 0 Å². The maximum Gasteiger partial charge on any atom is 0.276 e. The van der Waals surface area contributed by atoms with Crippen LogP contribution >= 0.6 is 16.5 Å². The van der Waals surface area contributed by atoms with Gasteiger partial charge in [-0.25, -0.2) is 0 Å². The molecule has 0 amide bonds. The van der Waals surface area contributed by atoms with Crippen molar-refractivity contribution in [3.63, 3.8) is 0 Å². The highest BCUT2D eigenvalue weighted by Gasteiger charge is 1.53. The van der Waals surface area contributed by atoms with Crippen LogP contribution in [0.15, 0.2) is 0 Å². The van der Waals surface area contributed by atoms with Gasteiger partial charge >= 0.3 is 0 Å². The van der Waals surface area contributed by atoms with Crippen molar-refractivity contribution in [2.75, 3.05) is 0 Å². The van der Waals surface area contributed by atoms with E-state index in [1.165, 1.54) is 0 Å². The minimum Gasteiger partial charge on any atom is -0.598 e. The molecule has 80 valence electrons. The van der Waals surface area contributed by atoms with Crippen molar-refractivity contribution in [1.29, 1.82) is 0 Å². The van der Waals surface area contributed by atoms with E-state index in [2.05, 4.69) is 0 Å². The van der Waals surface area contributed by atoms with Gasteiger partial charge in [-0.1, -0.05) is 63.1 Å². The van der Waals surface area contributed by atoms with Gasteiger partial charge < -0.3 is 19.6 Å². The van der Waals surface area contributed by atoms with Crippen molar-refractivity contribution in [2.45, 2.75) is 0 Å². The highest BCUT2D eigenvalue weighted by atomic mass is 32.1. The van der Waals surface area contributed by atoms with Gasteiger partial charge in [0.15, 0.2) is 0 Å². The fourth-order valence-corrected chi connectivity index (χ4v) is 0. The molecule has 0 aromatic heterocycles. The van der Waals surface area contributed by atoms with Gasteiger partial charge in [0.05, 0.1) is 0 Å². The topological polar surface area (TPSA) is 126 Å². The average Bonchev–Trinajstić information content (AvgIpc) is 1.25. The molecule has 0 radical (unpaired) electrons. The van der Waals surface area contributed by atoms with Gasteiger partial charge in [-0.3, -0.25) is 0 Å². The third kappa shape index (κ3) is 601. The first-order valence-corrected chi connectivity index (χ1v) is 3.29. The molecule has 12 heavy (non-hydrogen) atoms. The van der Waals surface area contributed by atoms with E-state index >= 15 is 0 Å². The van der Waals surface area contributed by atoms with Crippen LogP contribution in [-0.2, 0) is 63.1 Å². The summed E-state index contributed by atoms with van der Waals surface area (Å²) in [5.41, 5.74) is 0. The molecule has 0 aromatic rings. The fraction of sp³-hybridized carbons (Fsp3) is 0. The summed E-state index contributed by atoms with van der Waals surface area (Å²) < 4.78 is 17.0. The zero-order chi connectivity index (χ0) is 7.15. The molecule has 0 atom stereocenters. The Balaban J connectivity index is -0.0000000112. The molecule has 0 bridgehead atoms. The summed E-state index contributed by atoms with van der Waals surface area (Å²) in [5.74, 6) is 0. The molecule has 0 N–H and O–H groups in total. The summed E-state index contributed by atoms with van der Waals surface area (Å²) >= 11 is 0. The van der Waals surface area contributed by atoms with Crippen molar-refractivity contribution in [3.05, 3.63) is 0 Å². The lowest BCUT2D eigenvalue weighted by atomic mass is 15.8. The standard InChI is InChI=1S/2HO3P.4H2S/c2*1-4(2)3;;;;/h2*(H,1,2,3);4*1H2/p+2. The van der Waals surface area contributed by atoms with E-state index < -0.39 is 16.5 Å². The lowest BCUT2D eigenvalue weighted by Crippen LogP contribution is -1.97. The van der Waals surface area contributed by atoms with Crippen LogP contribution in [0, 0.1) is 0 Å².